The van der Waals surface area contributed by atoms with Crippen LogP contribution < -0.4 is 5.32 Å². The summed E-state index contributed by atoms with van der Waals surface area (Å²) in [6.07, 6.45) is 1.01. The van der Waals surface area contributed by atoms with Crippen LogP contribution in [0.3, 0.4) is 0 Å². The second-order valence-corrected chi connectivity index (χ2v) is 4.33. The zero-order chi connectivity index (χ0) is 12.7. The van der Waals surface area contributed by atoms with Gasteiger partial charge < -0.3 is 10.4 Å². The predicted molar refractivity (Wildman–Crippen MR) is 68.0 cm³/mol. The van der Waals surface area contributed by atoms with Gasteiger partial charge in [0.1, 0.15) is 0 Å². The Bertz CT molecular complexity index is 381. The molecule has 1 atom stereocenters. The van der Waals surface area contributed by atoms with E-state index in [4.69, 9.17) is 5.11 Å². The van der Waals surface area contributed by atoms with Crippen LogP contribution >= 0.6 is 15.9 Å². The van der Waals surface area contributed by atoms with Crippen LogP contribution in [0.5, 0.6) is 0 Å². The number of benzene rings is 1. The molecule has 0 aliphatic carbocycles. The Kier molecular flexibility index (Phi) is 5.69. The van der Waals surface area contributed by atoms with Gasteiger partial charge in [0.15, 0.2) is 6.04 Å². The summed E-state index contributed by atoms with van der Waals surface area (Å²) in [7, 11) is 0. The minimum Gasteiger partial charge on any atom is -0.479 e. The fourth-order valence-corrected chi connectivity index (χ4v) is 1.67. The number of aliphatic carboxylic acids is 1. The summed E-state index contributed by atoms with van der Waals surface area (Å²) in [5, 5.41) is 12.3. The van der Waals surface area contributed by atoms with Gasteiger partial charge in [-0.1, -0.05) is 46.3 Å². The first-order valence-corrected chi connectivity index (χ1v) is 6.40. The summed E-state index contributed by atoms with van der Waals surface area (Å²) in [4.78, 5) is 22.6. The standard InChI is InChI=1S/C12H14BrNO3/c13-8-4-7-10(15)14-11(12(16)17)9-5-2-1-3-6-9/h1-3,5-6,11H,4,7-8H2,(H,14,15)(H,16,17)/t11-/m0/s1. The summed E-state index contributed by atoms with van der Waals surface area (Å²) in [6, 6.07) is 7.69. The van der Waals surface area contributed by atoms with Crippen LogP contribution in [-0.4, -0.2) is 22.3 Å². The maximum absolute atomic E-state index is 11.5. The molecule has 1 amide bonds. The molecule has 4 nitrogen and oxygen atoms in total. The Morgan fingerprint density at radius 1 is 1.29 bits per heavy atom. The van der Waals surface area contributed by atoms with Gasteiger partial charge in [0.05, 0.1) is 0 Å². The van der Waals surface area contributed by atoms with E-state index < -0.39 is 12.0 Å². The molecule has 1 aromatic rings. The number of rotatable bonds is 6. The highest BCUT2D eigenvalue weighted by molar-refractivity contribution is 9.09. The van der Waals surface area contributed by atoms with E-state index in [1.165, 1.54) is 0 Å². The third-order valence-corrected chi connectivity index (χ3v) is 2.78. The average Bonchev–Trinajstić information content (AvgIpc) is 2.34. The zero-order valence-electron chi connectivity index (χ0n) is 9.23. The van der Waals surface area contributed by atoms with E-state index in [-0.39, 0.29) is 5.91 Å². The lowest BCUT2D eigenvalue weighted by molar-refractivity contribution is -0.142. The van der Waals surface area contributed by atoms with Gasteiger partial charge in [-0.2, -0.15) is 0 Å². The van der Waals surface area contributed by atoms with Crippen LogP contribution in [0.15, 0.2) is 30.3 Å². The van der Waals surface area contributed by atoms with Crippen molar-refractivity contribution in [3.05, 3.63) is 35.9 Å². The van der Waals surface area contributed by atoms with Crippen LogP contribution in [0, 0.1) is 0 Å². The number of carboxylic acid groups (broad SMARTS) is 1. The number of alkyl halides is 1. The number of nitrogens with one attached hydrogen (secondary N) is 1. The molecule has 0 aliphatic heterocycles. The molecular weight excluding hydrogens is 286 g/mol. The summed E-state index contributed by atoms with van der Waals surface area (Å²) >= 11 is 3.22. The largest absolute Gasteiger partial charge is 0.479 e. The molecule has 0 aliphatic rings. The van der Waals surface area contributed by atoms with Crippen molar-refractivity contribution in [2.45, 2.75) is 18.9 Å². The minimum absolute atomic E-state index is 0.249. The molecule has 0 spiro atoms. The Hall–Kier alpha value is -1.36. The van der Waals surface area contributed by atoms with Crippen LogP contribution in [0.1, 0.15) is 24.4 Å². The smallest absolute Gasteiger partial charge is 0.330 e. The lowest BCUT2D eigenvalue weighted by Gasteiger charge is -2.14. The molecule has 0 bridgehead atoms. The number of carbonyl (C=O) groups excluding carboxylic acids is 1. The second-order valence-electron chi connectivity index (χ2n) is 3.54. The van der Waals surface area contributed by atoms with Crippen LogP contribution in [0.2, 0.25) is 0 Å². The Labute approximate surface area is 108 Å². The van der Waals surface area contributed by atoms with E-state index >= 15 is 0 Å². The monoisotopic (exact) mass is 299 g/mol. The number of hydrogen-bond acceptors (Lipinski definition) is 2. The van der Waals surface area contributed by atoms with Gasteiger partial charge in [-0.15, -0.1) is 0 Å². The fourth-order valence-electron chi connectivity index (χ4n) is 1.39. The average molecular weight is 300 g/mol. The van der Waals surface area contributed by atoms with Crippen molar-refractivity contribution in [3.63, 3.8) is 0 Å². The highest BCUT2D eigenvalue weighted by Crippen LogP contribution is 2.13. The molecule has 0 saturated carbocycles. The van der Waals surface area contributed by atoms with E-state index in [1.54, 1.807) is 30.3 Å². The predicted octanol–water partition coefficient (Wildman–Crippen LogP) is 2.10. The SMILES string of the molecule is O=C(CCCBr)N[C@H](C(=O)O)c1ccccc1. The molecular formula is C12H14BrNO3. The molecule has 5 heteroatoms. The molecule has 0 radical (unpaired) electrons. The maximum atomic E-state index is 11.5. The lowest BCUT2D eigenvalue weighted by atomic mass is 10.1. The van der Waals surface area contributed by atoms with Crippen molar-refractivity contribution >= 4 is 27.8 Å². The van der Waals surface area contributed by atoms with Crippen LogP contribution in [-0.2, 0) is 9.59 Å². The Morgan fingerprint density at radius 2 is 1.94 bits per heavy atom. The first-order valence-electron chi connectivity index (χ1n) is 5.28. The molecule has 0 saturated heterocycles. The van der Waals surface area contributed by atoms with Gasteiger partial charge in [-0.3, -0.25) is 4.79 Å². The fraction of sp³-hybridized carbons (Fsp3) is 0.333. The lowest BCUT2D eigenvalue weighted by Crippen LogP contribution is -2.33. The number of carbonyl (C=O) groups is 2. The normalized spacial score (nSPS) is 11.8. The molecule has 0 fully saturated rings. The Morgan fingerprint density at radius 3 is 2.47 bits per heavy atom. The third-order valence-electron chi connectivity index (χ3n) is 2.22. The molecule has 1 aromatic carbocycles. The third kappa shape index (κ3) is 4.56. The topological polar surface area (TPSA) is 66.4 Å². The van der Waals surface area contributed by atoms with Crippen molar-refractivity contribution in [1.29, 1.82) is 0 Å². The summed E-state index contributed by atoms with van der Waals surface area (Å²) in [5.74, 6) is -1.30. The molecule has 0 aromatic heterocycles. The Balaban J connectivity index is 2.68. The summed E-state index contributed by atoms with van der Waals surface area (Å²) in [6.45, 7) is 0. The molecule has 0 heterocycles. The first-order chi connectivity index (χ1) is 8.15. The van der Waals surface area contributed by atoms with Crippen molar-refractivity contribution in [1.82, 2.24) is 5.32 Å². The number of hydrogen-bond donors (Lipinski definition) is 2. The highest BCUT2D eigenvalue weighted by atomic mass is 79.9. The van der Waals surface area contributed by atoms with E-state index in [0.29, 0.717) is 18.4 Å². The number of halogens is 1. The molecule has 2 N–H and O–H groups in total. The van der Waals surface area contributed by atoms with Gasteiger partial charge in [0.2, 0.25) is 5.91 Å². The molecule has 17 heavy (non-hydrogen) atoms. The van der Waals surface area contributed by atoms with E-state index in [9.17, 15) is 9.59 Å². The minimum atomic E-state index is -1.05. The van der Waals surface area contributed by atoms with Crippen molar-refractivity contribution < 1.29 is 14.7 Å². The van der Waals surface area contributed by atoms with Crippen LogP contribution in [0.25, 0.3) is 0 Å². The highest BCUT2D eigenvalue weighted by Gasteiger charge is 2.21. The summed E-state index contributed by atoms with van der Waals surface area (Å²) in [5.41, 5.74) is 0.576. The first kappa shape index (κ1) is 13.7. The molecule has 92 valence electrons. The van der Waals surface area contributed by atoms with E-state index in [1.807, 2.05) is 0 Å². The van der Waals surface area contributed by atoms with Gasteiger partial charge in [-0.25, -0.2) is 4.79 Å². The number of carboxylic acids is 1. The quantitative estimate of drug-likeness (QED) is 0.791. The summed E-state index contributed by atoms with van der Waals surface area (Å²) < 4.78 is 0. The van der Waals surface area contributed by atoms with Crippen molar-refractivity contribution in [2.75, 3.05) is 5.33 Å². The van der Waals surface area contributed by atoms with Gasteiger partial charge in [0, 0.05) is 11.8 Å². The van der Waals surface area contributed by atoms with Crippen LogP contribution in [0.4, 0.5) is 0 Å². The zero-order valence-corrected chi connectivity index (χ0v) is 10.8. The van der Waals surface area contributed by atoms with Gasteiger partial charge >= 0.3 is 5.97 Å². The maximum Gasteiger partial charge on any atom is 0.330 e. The number of amides is 1. The van der Waals surface area contributed by atoms with E-state index in [2.05, 4.69) is 21.2 Å². The molecule has 1 rings (SSSR count). The van der Waals surface area contributed by atoms with E-state index in [0.717, 1.165) is 5.33 Å². The van der Waals surface area contributed by atoms with Gasteiger partial charge in [0.25, 0.3) is 0 Å². The van der Waals surface area contributed by atoms with Gasteiger partial charge in [-0.05, 0) is 12.0 Å². The van der Waals surface area contributed by atoms with Crippen molar-refractivity contribution in [3.8, 4) is 0 Å². The molecule has 0 unspecified atom stereocenters. The van der Waals surface area contributed by atoms with Crippen molar-refractivity contribution in [2.24, 2.45) is 0 Å². The second kappa shape index (κ2) is 7.06.